The Morgan fingerprint density at radius 2 is 1.60 bits per heavy atom. The summed E-state index contributed by atoms with van der Waals surface area (Å²) in [4.78, 5) is 11.3. The van der Waals surface area contributed by atoms with Gasteiger partial charge in [-0.05, 0) is 37.1 Å². The van der Waals surface area contributed by atoms with E-state index < -0.39 is 17.5 Å². The Morgan fingerprint density at radius 1 is 1.20 bits per heavy atom. The van der Waals surface area contributed by atoms with Crippen LogP contribution in [0.3, 0.4) is 0 Å². The van der Waals surface area contributed by atoms with Gasteiger partial charge in [-0.15, -0.1) is 0 Å². The summed E-state index contributed by atoms with van der Waals surface area (Å²) in [6.07, 6.45) is 0. The van der Waals surface area contributed by atoms with Gasteiger partial charge in [-0.25, -0.2) is 4.39 Å². The molecule has 0 aliphatic carbocycles. The average molecular weight is 216 g/mol. The smallest absolute Gasteiger partial charge is 0.287 e. The summed E-state index contributed by atoms with van der Waals surface area (Å²) in [6.45, 7) is 3.42. The number of hydrogen-bond acceptors (Lipinski definition) is 1. The van der Waals surface area contributed by atoms with Crippen LogP contribution in [-0.4, -0.2) is 11.7 Å². The van der Waals surface area contributed by atoms with Crippen LogP contribution < -0.4 is 0 Å². The molecule has 0 aliphatic heterocycles. The SMILES string of the molecule is Cc1cc(F)cc(C)c1C(=O)C(C)(F)F. The van der Waals surface area contributed by atoms with E-state index in [1.165, 1.54) is 13.8 Å². The van der Waals surface area contributed by atoms with Crippen molar-refractivity contribution in [3.63, 3.8) is 0 Å². The molecule has 15 heavy (non-hydrogen) atoms. The van der Waals surface area contributed by atoms with Gasteiger partial charge in [0.2, 0.25) is 5.78 Å². The fraction of sp³-hybridized carbons (Fsp3) is 0.364. The normalized spacial score (nSPS) is 11.6. The lowest BCUT2D eigenvalue weighted by Gasteiger charge is -2.13. The monoisotopic (exact) mass is 216 g/mol. The van der Waals surface area contributed by atoms with Gasteiger partial charge in [0, 0.05) is 12.5 Å². The standard InChI is InChI=1S/C11H11F3O/c1-6-4-8(12)5-7(2)9(6)10(15)11(3,13)14/h4-5H,1-3H3. The summed E-state index contributed by atoms with van der Waals surface area (Å²) in [5, 5.41) is 0. The molecule has 0 saturated heterocycles. The Kier molecular flexibility index (Phi) is 2.88. The van der Waals surface area contributed by atoms with Gasteiger partial charge in [0.1, 0.15) is 5.82 Å². The number of rotatable bonds is 2. The Hall–Kier alpha value is -1.32. The average Bonchev–Trinajstić information content (AvgIpc) is 1.99. The molecule has 1 rings (SSSR count). The molecule has 1 aromatic carbocycles. The van der Waals surface area contributed by atoms with Crippen LogP contribution in [0.4, 0.5) is 13.2 Å². The summed E-state index contributed by atoms with van der Waals surface area (Å²) >= 11 is 0. The molecule has 0 spiro atoms. The highest BCUT2D eigenvalue weighted by Gasteiger charge is 2.35. The van der Waals surface area contributed by atoms with E-state index in [2.05, 4.69) is 0 Å². The first-order chi connectivity index (χ1) is 6.73. The van der Waals surface area contributed by atoms with Gasteiger partial charge in [-0.3, -0.25) is 4.79 Å². The zero-order valence-corrected chi connectivity index (χ0v) is 8.70. The Morgan fingerprint density at radius 3 is 1.93 bits per heavy atom. The van der Waals surface area contributed by atoms with Crippen LogP contribution in [0.5, 0.6) is 0 Å². The van der Waals surface area contributed by atoms with Gasteiger partial charge < -0.3 is 0 Å². The molecule has 0 N–H and O–H groups in total. The summed E-state index contributed by atoms with van der Waals surface area (Å²) in [5.41, 5.74) is 0.377. The lowest BCUT2D eigenvalue weighted by Crippen LogP contribution is -2.26. The maximum Gasteiger partial charge on any atom is 0.307 e. The molecule has 4 heteroatoms. The van der Waals surface area contributed by atoms with E-state index in [1.54, 1.807) is 0 Å². The van der Waals surface area contributed by atoms with Gasteiger partial charge in [0.05, 0.1) is 0 Å². The predicted molar refractivity (Wildman–Crippen MR) is 50.8 cm³/mol. The number of carbonyl (C=O) groups excluding carboxylic acids is 1. The van der Waals surface area contributed by atoms with Gasteiger partial charge in [0.25, 0.3) is 0 Å². The number of alkyl halides is 2. The van der Waals surface area contributed by atoms with Crippen molar-refractivity contribution in [2.24, 2.45) is 0 Å². The number of carbonyl (C=O) groups is 1. The highest BCUT2D eigenvalue weighted by molar-refractivity contribution is 6.03. The molecule has 0 aliphatic rings. The van der Waals surface area contributed by atoms with Crippen molar-refractivity contribution in [1.82, 2.24) is 0 Å². The van der Waals surface area contributed by atoms with Crippen molar-refractivity contribution in [3.8, 4) is 0 Å². The molecule has 82 valence electrons. The Balaban J connectivity index is 3.33. The van der Waals surface area contributed by atoms with E-state index in [9.17, 15) is 18.0 Å². The van der Waals surface area contributed by atoms with Crippen LogP contribution in [0.1, 0.15) is 28.4 Å². The fourth-order valence-electron chi connectivity index (χ4n) is 1.49. The van der Waals surface area contributed by atoms with Crippen LogP contribution in [0, 0.1) is 19.7 Å². The minimum atomic E-state index is -3.42. The first-order valence-corrected chi connectivity index (χ1v) is 4.43. The van der Waals surface area contributed by atoms with E-state index in [0.29, 0.717) is 6.92 Å². The summed E-state index contributed by atoms with van der Waals surface area (Å²) in [7, 11) is 0. The van der Waals surface area contributed by atoms with E-state index in [0.717, 1.165) is 12.1 Å². The molecule has 0 saturated carbocycles. The summed E-state index contributed by atoms with van der Waals surface area (Å²) < 4.78 is 38.5. The van der Waals surface area contributed by atoms with E-state index in [-0.39, 0.29) is 16.7 Å². The lowest BCUT2D eigenvalue weighted by atomic mass is 9.96. The van der Waals surface area contributed by atoms with E-state index in [1.807, 2.05) is 0 Å². The highest BCUT2D eigenvalue weighted by atomic mass is 19.3. The van der Waals surface area contributed by atoms with Crippen molar-refractivity contribution in [2.75, 3.05) is 0 Å². The zero-order chi connectivity index (χ0) is 11.8. The number of aryl methyl sites for hydroxylation is 2. The molecule has 0 bridgehead atoms. The first kappa shape index (κ1) is 11.8. The maximum atomic E-state index is 12.9. The molecule has 1 nitrogen and oxygen atoms in total. The topological polar surface area (TPSA) is 17.1 Å². The van der Waals surface area contributed by atoms with Crippen LogP contribution in [0.15, 0.2) is 12.1 Å². The minimum absolute atomic E-state index is 0.0936. The predicted octanol–water partition coefficient (Wildman–Crippen LogP) is 3.28. The van der Waals surface area contributed by atoms with Crippen molar-refractivity contribution in [3.05, 3.63) is 34.6 Å². The Bertz CT molecular complexity index is 382. The second-order valence-electron chi connectivity index (χ2n) is 3.63. The molecular weight excluding hydrogens is 205 g/mol. The van der Waals surface area contributed by atoms with Crippen LogP contribution in [0.2, 0.25) is 0 Å². The zero-order valence-electron chi connectivity index (χ0n) is 8.70. The quantitative estimate of drug-likeness (QED) is 0.693. The van der Waals surface area contributed by atoms with Gasteiger partial charge >= 0.3 is 5.92 Å². The second kappa shape index (κ2) is 3.68. The fourth-order valence-corrected chi connectivity index (χ4v) is 1.49. The molecule has 0 radical (unpaired) electrons. The van der Waals surface area contributed by atoms with Gasteiger partial charge in [0.15, 0.2) is 0 Å². The second-order valence-corrected chi connectivity index (χ2v) is 3.63. The number of Topliss-reactive ketones (excluding diaryl/α,β-unsaturated/α-hetero) is 1. The van der Waals surface area contributed by atoms with E-state index in [4.69, 9.17) is 0 Å². The molecular formula is C11H11F3O. The van der Waals surface area contributed by atoms with Gasteiger partial charge in [-0.2, -0.15) is 8.78 Å². The molecule has 0 aromatic heterocycles. The third kappa shape index (κ3) is 2.37. The number of halogens is 3. The third-order valence-electron chi connectivity index (χ3n) is 2.12. The molecule has 0 fully saturated rings. The highest BCUT2D eigenvalue weighted by Crippen LogP contribution is 2.24. The van der Waals surface area contributed by atoms with Gasteiger partial charge in [-0.1, -0.05) is 0 Å². The summed E-state index contributed by atoms with van der Waals surface area (Å²) in [6, 6.07) is 2.15. The third-order valence-corrected chi connectivity index (χ3v) is 2.12. The maximum absolute atomic E-state index is 12.9. The Labute approximate surface area is 85.9 Å². The molecule has 0 amide bonds. The number of benzene rings is 1. The van der Waals surface area contributed by atoms with E-state index >= 15 is 0 Å². The van der Waals surface area contributed by atoms with Crippen molar-refractivity contribution in [2.45, 2.75) is 26.7 Å². The first-order valence-electron chi connectivity index (χ1n) is 4.43. The number of hydrogen-bond donors (Lipinski definition) is 0. The van der Waals surface area contributed by atoms with Crippen molar-refractivity contribution < 1.29 is 18.0 Å². The summed E-state index contributed by atoms with van der Waals surface area (Å²) in [5.74, 6) is -5.22. The van der Waals surface area contributed by atoms with Crippen molar-refractivity contribution in [1.29, 1.82) is 0 Å². The number of ketones is 1. The van der Waals surface area contributed by atoms with Crippen molar-refractivity contribution >= 4 is 5.78 Å². The minimum Gasteiger partial charge on any atom is -0.287 e. The largest absolute Gasteiger partial charge is 0.307 e. The van der Waals surface area contributed by atoms with Crippen LogP contribution >= 0.6 is 0 Å². The lowest BCUT2D eigenvalue weighted by molar-refractivity contribution is 0.0220. The molecule has 0 atom stereocenters. The van der Waals surface area contributed by atoms with Crippen LogP contribution in [-0.2, 0) is 0 Å². The molecule has 0 heterocycles. The molecule has 1 aromatic rings. The van der Waals surface area contributed by atoms with Crippen LogP contribution in [0.25, 0.3) is 0 Å². The molecule has 0 unspecified atom stereocenters.